The Morgan fingerprint density at radius 1 is 1.11 bits per heavy atom. The number of hydrogen-bond donors (Lipinski definition) is 2. The largest absolute Gasteiger partial charge is 0.481 e. The summed E-state index contributed by atoms with van der Waals surface area (Å²) < 4.78 is 4.95. The molecule has 0 fully saturated rings. The van der Waals surface area contributed by atoms with E-state index in [-0.39, 0.29) is 25.4 Å². The molecule has 0 spiro atoms. The van der Waals surface area contributed by atoms with Crippen molar-refractivity contribution in [3.63, 3.8) is 0 Å². The molecule has 106 valence electrons. The first-order valence-corrected chi connectivity index (χ1v) is 6.61. The highest BCUT2D eigenvalue weighted by Crippen LogP contribution is 2.06. The molecule has 0 saturated heterocycles. The van der Waals surface area contributed by atoms with Gasteiger partial charge >= 0.3 is 11.9 Å². The molecule has 0 aliphatic heterocycles. The van der Waals surface area contributed by atoms with Crippen LogP contribution in [-0.4, -0.2) is 34.9 Å². The van der Waals surface area contributed by atoms with Crippen molar-refractivity contribution in [1.29, 1.82) is 0 Å². The molecule has 5 heteroatoms. The average Bonchev–Trinajstić information content (AvgIpc) is 2.32. The van der Waals surface area contributed by atoms with Crippen LogP contribution in [0.25, 0.3) is 0 Å². The predicted octanol–water partition coefficient (Wildman–Crippen LogP) is 2.12. The van der Waals surface area contributed by atoms with Crippen molar-refractivity contribution in [1.82, 2.24) is 0 Å². The maximum atomic E-state index is 11.2. The number of carboxylic acid groups (broad SMARTS) is 1. The van der Waals surface area contributed by atoms with E-state index in [2.05, 4.69) is 6.92 Å². The summed E-state index contributed by atoms with van der Waals surface area (Å²) in [6.45, 7) is 2.30. The van der Waals surface area contributed by atoms with Crippen LogP contribution >= 0.6 is 0 Å². The van der Waals surface area contributed by atoms with E-state index in [9.17, 15) is 14.7 Å². The minimum absolute atomic E-state index is 0.0863. The molecule has 0 aromatic rings. The van der Waals surface area contributed by atoms with Gasteiger partial charge in [-0.3, -0.25) is 9.59 Å². The Hall–Kier alpha value is -1.10. The standard InChI is InChI=1S/C13H24O5/c1-2-3-6-11(14)9-10-18-13(17)8-5-4-7-12(15)16/h11,14H,2-10H2,1H3,(H,15,16). The number of aliphatic hydroxyl groups excluding tert-OH is 1. The van der Waals surface area contributed by atoms with E-state index < -0.39 is 12.1 Å². The highest BCUT2D eigenvalue weighted by Gasteiger charge is 2.07. The second-order valence-corrected chi connectivity index (χ2v) is 4.41. The Labute approximate surface area is 108 Å². The van der Waals surface area contributed by atoms with Crippen molar-refractivity contribution in [3.05, 3.63) is 0 Å². The monoisotopic (exact) mass is 260 g/mol. The van der Waals surface area contributed by atoms with Crippen molar-refractivity contribution >= 4 is 11.9 Å². The van der Waals surface area contributed by atoms with Gasteiger partial charge in [-0.2, -0.15) is 0 Å². The third-order valence-corrected chi connectivity index (χ3v) is 2.63. The van der Waals surface area contributed by atoms with Gasteiger partial charge in [-0.05, 0) is 19.3 Å². The van der Waals surface area contributed by atoms with E-state index in [0.717, 1.165) is 19.3 Å². The van der Waals surface area contributed by atoms with Gasteiger partial charge in [0.25, 0.3) is 0 Å². The molecule has 18 heavy (non-hydrogen) atoms. The molecule has 0 radical (unpaired) electrons. The fraction of sp³-hybridized carbons (Fsp3) is 0.846. The minimum Gasteiger partial charge on any atom is -0.481 e. The van der Waals surface area contributed by atoms with E-state index in [1.165, 1.54) is 0 Å². The van der Waals surface area contributed by atoms with E-state index >= 15 is 0 Å². The summed E-state index contributed by atoms with van der Waals surface area (Å²) in [5.41, 5.74) is 0. The van der Waals surface area contributed by atoms with Gasteiger partial charge in [0.05, 0.1) is 12.7 Å². The lowest BCUT2D eigenvalue weighted by Crippen LogP contribution is -2.13. The number of hydrogen-bond acceptors (Lipinski definition) is 4. The van der Waals surface area contributed by atoms with Crippen LogP contribution in [-0.2, 0) is 14.3 Å². The van der Waals surface area contributed by atoms with Crippen LogP contribution in [0, 0.1) is 0 Å². The predicted molar refractivity (Wildman–Crippen MR) is 67.2 cm³/mol. The van der Waals surface area contributed by atoms with Crippen LogP contribution < -0.4 is 0 Å². The molecule has 0 aliphatic carbocycles. The Morgan fingerprint density at radius 3 is 2.39 bits per heavy atom. The second-order valence-electron chi connectivity index (χ2n) is 4.41. The zero-order chi connectivity index (χ0) is 13.8. The molecule has 0 saturated carbocycles. The highest BCUT2D eigenvalue weighted by atomic mass is 16.5. The number of carbonyl (C=O) groups is 2. The van der Waals surface area contributed by atoms with Gasteiger partial charge in [-0.15, -0.1) is 0 Å². The fourth-order valence-corrected chi connectivity index (χ4v) is 1.51. The minimum atomic E-state index is -0.845. The molecule has 0 bridgehead atoms. The number of aliphatic carboxylic acids is 1. The summed E-state index contributed by atoms with van der Waals surface area (Å²) in [6, 6.07) is 0. The summed E-state index contributed by atoms with van der Waals surface area (Å²) in [7, 11) is 0. The lowest BCUT2D eigenvalue weighted by molar-refractivity contribution is -0.145. The first-order chi connectivity index (χ1) is 8.56. The molecular formula is C13H24O5. The van der Waals surface area contributed by atoms with Gasteiger partial charge in [-0.25, -0.2) is 0 Å². The molecule has 0 aromatic heterocycles. The molecule has 0 aliphatic rings. The summed E-state index contributed by atoms with van der Waals surface area (Å²) in [6.07, 6.45) is 4.19. The number of esters is 1. The van der Waals surface area contributed by atoms with Crippen LogP contribution in [0.15, 0.2) is 0 Å². The number of rotatable bonds is 11. The van der Waals surface area contributed by atoms with Crippen LogP contribution in [0.2, 0.25) is 0 Å². The lowest BCUT2D eigenvalue weighted by Gasteiger charge is -2.10. The highest BCUT2D eigenvalue weighted by molar-refractivity contribution is 5.69. The van der Waals surface area contributed by atoms with Gasteiger partial charge < -0.3 is 14.9 Å². The molecule has 0 rings (SSSR count). The molecule has 1 atom stereocenters. The molecule has 5 nitrogen and oxygen atoms in total. The molecular weight excluding hydrogens is 236 g/mol. The smallest absolute Gasteiger partial charge is 0.305 e. The molecule has 1 unspecified atom stereocenters. The lowest BCUT2D eigenvalue weighted by atomic mass is 10.1. The van der Waals surface area contributed by atoms with E-state index in [1.54, 1.807) is 0 Å². The summed E-state index contributed by atoms with van der Waals surface area (Å²) >= 11 is 0. The third kappa shape index (κ3) is 11.4. The van der Waals surface area contributed by atoms with Gasteiger partial charge in [0, 0.05) is 19.3 Å². The van der Waals surface area contributed by atoms with Crippen molar-refractivity contribution in [2.24, 2.45) is 0 Å². The fourth-order valence-electron chi connectivity index (χ4n) is 1.51. The number of carbonyl (C=O) groups excluding carboxylic acids is 1. The first-order valence-electron chi connectivity index (χ1n) is 6.61. The Bertz CT molecular complexity index is 240. The maximum Gasteiger partial charge on any atom is 0.305 e. The van der Waals surface area contributed by atoms with Crippen LogP contribution in [0.4, 0.5) is 0 Å². The van der Waals surface area contributed by atoms with Crippen molar-refractivity contribution in [3.8, 4) is 0 Å². The van der Waals surface area contributed by atoms with Gasteiger partial charge in [-0.1, -0.05) is 19.8 Å². The topological polar surface area (TPSA) is 83.8 Å². The average molecular weight is 260 g/mol. The third-order valence-electron chi connectivity index (χ3n) is 2.63. The summed E-state index contributed by atoms with van der Waals surface area (Å²) in [5, 5.41) is 17.9. The SMILES string of the molecule is CCCCC(O)CCOC(=O)CCCCC(=O)O. The molecule has 2 N–H and O–H groups in total. The number of aliphatic hydroxyl groups is 1. The number of ether oxygens (including phenoxy) is 1. The second kappa shape index (κ2) is 11.0. The van der Waals surface area contributed by atoms with Crippen LogP contribution in [0.5, 0.6) is 0 Å². The first kappa shape index (κ1) is 16.9. The van der Waals surface area contributed by atoms with Crippen molar-refractivity contribution < 1.29 is 24.5 Å². The molecule has 0 amide bonds. The van der Waals surface area contributed by atoms with E-state index in [1.807, 2.05) is 0 Å². The van der Waals surface area contributed by atoms with Crippen molar-refractivity contribution in [2.75, 3.05) is 6.61 Å². The normalized spacial score (nSPS) is 12.1. The van der Waals surface area contributed by atoms with Gasteiger partial charge in [0.1, 0.15) is 0 Å². The summed E-state index contributed by atoms with van der Waals surface area (Å²) in [5.74, 6) is -1.16. The van der Waals surface area contributed by atoms with E-state index in [4.69, 9.17) is 9.84 Å². The maximum absolute atomic E-state index is 11.2. The molecule has 0 heterocycles. The Kier molecular flexibility index (Phi) is 10.3. The quantitative estimate of drug-likeness (QED) is 0.439. The zero-order valence-electron chi connectivity index (χ0n) is 11.1. The molecule has 0 aromatic carbocycles. The number of unbranched alkanes of at least 4 members (excludes halogenated alkanes) is 2. The number of carboxylic acids is 1. The van der Waals surface area contributed by atoms with Gasteiger partial charge in [0.15, 0.2) is 0 Å². The Morgan fingerprint density at radius 2 is 1.78 bits per heavy atom. The summed E-state index contributed by atoms with van der Waals surface area (Å²) in [4.78, 5) is 21.5. The van der Waals surface area contributed by atoms with Crippen LogP contribution in [0.1, 0.15) is 58.3 Å². The van der Waals surface area contributed by atoms with Crippen molar-refractivity contribution in [2.45, 2.75) is 64.4 Å². The zero-order valence-corrected chi connectivity index (χ0v) is 11.1. The van der Waals surface area contributed by atoms with Crippen LogP contribution in [0.3, 0.4) is 0 Å². The van der Waals surface area contributed by atoms with Gasteiger partial charge in [0.2, 0.25) is 0 Å². The Balaban J connectivity index is 3.39. The van der Waals surface area contributed by atoms with E-state index in [0.29, 0.717) is 19.3 Å².